The molecule has 0 atom stereocenters. The molecule has 2 aromatic carbocycles. The number of aromatic nitrogens is 2. The Balaban J connectivity index is 1.58. The highest BCUT2D eigenvalue weighted by molar-refractivity contribution is 7.20. The molecule has 0 aliphatic carbocycles. The number of nitrogens with zero attached hydrogens (tertiary/aromatic N) is 3. The average Bonchev–Trinajstić information content (AvgIpc) is 3.32. The summed E-state index contributed by atoms with van der Waals surface area (Å²) < 4.78 is 1.92. The van der Waals surface area contributed by atoms with Crippen LogP contribution >= 0.6 is 11.3 Å². The predicted molar refractivity (Wildman–Crippen MR) is 126 cm³/mol. The summed E-state index contributed by atoms with van der Waals surface area (Å²) in [6, 6.07) is 18.2. The van der Waals surface area contributed by atoms with Crippen LogP contribution < -0.4 is 10.2 Å². The lowest BCUT2D eigenvalue weighted by Gasteiger charge is -2.21. The molecule has 0 saturated carbocycles. The van der Waals surface area contributed by atoms with E-state index in [4.69, 9.17) is 0 Å². The Morgan fingerprint density at radius 3 is 2.33 bits per heavy atom. The number of benzene rings is 2. The molecule has 4 rings (SSSR count). The first kappa shape index (κ1) is 20.2. The van der Waals surface area contributed by atoms with E-state index in [1.165, 1.54) is 16.9 Å². The molecular weight excluding hydrogens is 392 g/mol. The highest BCUT2D eigenvalue weighted by Crippen LogP contribution is 2.31. The normalized spacial score (nSPS) is 11.1. The van der Waals surface area contributed by atoms with Crippen LogP contribution in [-0.2, 0) is 0 Å². The molecule has 4 aromatic rings. The molecule has 0 radical (unpaired) electrons. The van der Waals surface area contributed by atoms with Gasteiger partial charge in [-0.3, -0.25) is 4.79 Å². The number of carbonyl (C=O) groups is 1. The van der Waals surface area contributed by atoms with Gasteiger partial charge in [-0.05, 0) is 70.2 Å². The summed E-state index contributed by atoms with van der Waals surface area (Å²) in [6.07, 6.45) is 0. The maximum absolute atomic E-state index is 12.9. The minimum absolute atomic E-state index is 0.0957. The van der Waals surface area contributed by atoms with Crippen molar-refractivity contribution in [3.8, 4) is 5.69 Å². The minimum atomic E-state index is -0.0957. The third kappa shape index (κ3) is 3.83. The number of aryl methyl sites for hydroxylation is 2. The SMILES string of the molecule is CCN(CC)c1ccc(NC(=O)c2cc3c(C)nn(-c4ccc(C)cc4)c3s2)cc1. The van der Waals surface area contributed by atoms with Gasteiger partial charge in [-0.1, -0.05) is 17.7 Å². The standard InChI is InChI=1S/C24H26N4OS/c1-5-27(6-2)19-13-9-18(10-14-19)25-23(29)22-15-21-17(4)26-28(24(21)30-22)20-11-7-16(3)8-12-20/h7-15H,5-6H2,1-4H3,(H,25,29). The molecule has 0 aliphatic heterocycles. The van der Waals surface area contributed by atoms with Gasteiger partial charge in [-0.25, -0.2) is 4.68 Å². The number of thiophene rings is 1. The molecule has 0 fully saturated rings. The lowest BCUT2D eigenvalue weighted by atomic mass is 10.2. The van der Waals surface area contributed by atoms with E-state index in [-0.39, 0.29) is 5.91 Å². The van der Waals surface area contributed by atoms with E-state index in [0.29, 0.717) is 4.88 Å². The topological polar surface area (TPSA) is 50.2 Å². The molecule has 0 bridgehead atoms. The van der Waals surface area contributed by atoms with Crippen molar-refractivity contribution in [2.24, 2.45) is 0 Å². The second-order valence-corrected chi connectivity index (χ2v) is 8.37. The Kier molecular flexibility index (Phi) is 5.59. The van der Waals surface area contributed by atoms with Crippen molar-refractivity contribution < 1.29 is 4.79 Å². The Morgan fingerprint density at radius 2 is 1.70 bits per heavy atom. The molecule has 0 saturated heterocycles. The summed E-state index contributed by atoms with van der Waals surface area (Å²) in [5, 5.41) is 8.70. The third-order valence-electron chi connectivity index (χ3n) is 5.30. The third-order valence-corrected chi connectivity index (χ3v) is 6.41. The minimum Gasteiger partial charge on any atom is -0.372 e. The second-order valence-electron chi connectivity index (χ2n) is 7.34. The summed E-state index contributed by atoms with van der Waals surface area (Å²) >= 11 is 1.47. The fraction of sp³-hybridized carbons (Fsp3) is 0.250. The molecule has 0 unspecified atom stereocenters. The van der Waals surface area contributed by atoms with E-state index in [9.17, 15) is 4.79 Å². The average molecular weight is 419 g/mol. The molecule has 6 heteroatoms. The highest BCUT2D eigenvalue weighted by Gasteiger charge is 2.17. The first-order valence-corrected chi connectivity index (χ1v) is 11.0. The maximum atomic E-state index is 12.9. The number of anilines is 2. The van der Waals surface area contributed by atoms with Crippen LogP contribution in [0.5, 0.6) is 0 Å². The molecule has 2 heterocycles. The lowest BCUT2D eigenvalue weighted by molar-refractivity contribution is 0.103. The smallest absolute Gasteiger partial charge is 0.265 e. The molecule has 1 N–H and O–H groups in total. The van der Waals surface area contributed by atoms with Gasteiger partial charge in [0.25, 0.3) is 5.91 Å². The maximum Gasteiger partial charge on any atom is 0.265 e. The summed E-state index contributed by atoms with van der Waals surface area (Å²) in [4.78, 5) is 16.8. The van der Waals surface area contributed by atoms with Crippen LogP contribution in [-0.4, -0.2) is 28.8 Å². The van der Waals surface area contributed by atoms with Crippen LogP contribution in [0.3, 0.4) is 0 Å². The first-order valence-electron chi connectivity index (χ1n) is 10.2. The van der Waals surface area contributed by atoms with Crippen LogP contribution in [0.1, 0.15) is 34.8 Å². The monoisotopic (exact) mass is 418 g/mol. The van der Waals surface area contributed by atoms with E-state index in [0.717, 1.165) is 46.1 Å². The van der Waals surface area contributed by atoms with Gasteiger partial charge in [0.2, 0.25) is 0 Å². The van der Waals surface area contributed by atoms with E-state index in [2.05, 4.69) is 60.4 Å². The van der Waals surface area contributed by atoms with Crippen LogP contribution in [0.15, 0.2) is 54.6 Å². The zero-order valence-electron chi connectivity index (χ0n) is 17.8. The molecule has 0 spiro atoms. The van der Waals surface area contributed by atoms with Crippen molar-refractivity contribution in [2.45, 2.75) is 27.7 Å². The van der Waals surface area contributed by atoms with Crippen molar-refractivity contribution in [3.05, 3.63) is 70.7 Å². The summed E-state index contributed by atoms with van der Waals surface area (Å²) in [5.41, 5.74) is 5.08. The van der Waals surface area contributed by atoms with Gasteiger partial charge in [-0.15, -0.1) is 11.3 Å². The lowest BCUT2D eigenvalue weighted by Crippen LogP contribution is -2.21. The summed E-state index contributed by atoms with van der Waals surface area (Å²) in [6.45, 7) is 10.2. The highest BCUT2D eigenvalue weighted by atomic mass is 32.1. The van der Waals surface area contributed by atoms with Crippen molar-refractivity contribution in [1.82, 2.24) is 9.78 Å². The fourth-order valence-corrected chi connectivity index (χ4v) is 4.64. The van der Waals surface area contributed by atoms with Gasteiger partial charge < -0.3 is 10.2 Å². The summed E-state index contributed by atoms with van der Waals surface area (Å²) in [7, 11) is 0. The number of nitrogens with one attached hydrogen (secondary N) is 1. The molecule has 30 heavy (non-hydrogen) atoms. The van der Waals surface area contributed by atoms with Gasteiger partial charge in [0.1, 0.15) is 4.83 Å². The molecule has 0 aliphatic rings. The Hall–Kier alpha value is -3.12. The van der Waals surface area contributed by atoms with Gasteiger partial charge in [0.15, 0.2) is 0 Å². The fourth-order valence-electron chi connectivity index (χ4n) is 3.56. The van der Waals surface area contributed by atoms with Crippen molar-refractivity contribution in [1.29, 1.82) is 0 Å². The molecule has 2 aromatic heterocycles. The Bertz CT molecular complexity index is 1170. The number of fused-ring (bicyclic) bond motifs is 1. The second kappa shape index (κ2) is 8.32. The number of hydrogen-bond acceptors (Lipinski definition) is 4. The zero-order chi connectivity index (χ0) is 21.3. The molecular formula is C24H26N4OS. The first-order chi connectivity index (χ1) is 14.5. The van der Waals surface area contributed by atoms with E-state index in [1.807, 2.05) is 41.9 Å². The molecule has 154 valence electrons. The quantitative estimate of drug-likeness (QED) is 0.430. The Labute approximate surface area is 181 Å². The zero-order valence-corrected chi connectivity index (χ0v) is 18.6. The van der Waals surface area contributed by atoms with Crippen LogP contribution in [0.4, 0.5) is 11.4 Å². The predicted octanol–water partition coefficient (Wildman–Crippen LogP) is 5.80. The summed E-state index contributed by atoms with van der Waals surface area (Å²) in [5.74, 6) is -0.0957. The van der Waals surface area contributed by atoms with Gasteiger partial charge >= 0.3 is 0 Å². The van der Waals surface area contributed by atoms with Gasteiger partial charge in [0.05, 0.1) is 16.3 Å². The van der Waals surface area contributed by atoms with E-state index < -0.39 is 0 Å². The van der Waals surface area contributed by atoms with Crippen LogP contribution in [0, 0.1) is 13.8 Å². The Morgan fingerprint density at radius 1 is 1.03 bits per heavy atom. The largest absolute Gasteiger partial charge is 0.372 e. The molecule has 1 amide bonds. The van der Waals surface area contributed by atoms with E-state index in [1.54, 1.807) is 0 Å². The number of hydrogen-bond donors (Lipinski definition) is 1. The number of amides is 1. The number of carbonyl (C=O) groups excluding carboxylic acids is 1. The van der Waals surface area contributed by atoms with Gasteiger partial charge in [-0.2, -0.15) is 5.10 Å². The van der Waals surface area contributed by atoms with Gasteiger partial charge in [0, 0.05) is 29.9 Å². The van der Waals surface area contributed by atoms with Crippen LogP contribution in [0.2, 0.25) is 0 Å². The van der Waals surface area contributed by atoms with Crippen molar-refractivity contribution >= 4 is 38.8 Å². The van der Waals surface area contributed by atoms with Crippen molar-refractivity contribution in [3.63, 3.8) is 0 Å². The van der Waals surface area contributed by atoms with E-state index >= 15 is 0 Å². The van der Waals surface area contributed by atoms with Crippen molar-refractivity contribution in [2.75, 3.05) is 23.3 Å². The van der Waals surface area contributed by atoms with Crippen LogP contribution in [0.25, 0.3) is 15.9 Å². The number of rotatable bonds is 6. The molecule has 5 nitrogen and oxygen atoms in total.